The molecule has 0 bridgehead atoms. The van der Waals surface area contributed by atoms with Gasteiger partial charge in [-0.15, -0.1) is 0 Å². The summed E-state index contributed by atoms with van der Waals surface area (Å²) in [7, 11) is 3.38. The summed E-state index contributed by atoms with van der Waals surface area (Å²) < 4.78 is 11.0. The van der Waals surface area contributed by atoms with Crippen molar-refractivity contribution in [1.82, 2.24) is 9.80 Å². The van der Waals surface area contributed by atoms with E-state index in [1.165, 1.54) is 12.8 Å². The molecule has 5 nitrogen and oxygen atoms in total. The predicted octanol–water partition coefficient (Wildman–Crippen LogP) is 3.24. The van der Waals surface area contributed by atoms with Crippen molar-refractivity contribution >= 4 is 5.91 Å². The number of rotatable bonds is 5. The number of ether oxygens (including phenoxy) is 2. The van der Waals surface area contributed by atoms with Crippen molar-refractivity contribution in [3.05, 3.63) is 23.8 Å². The second-order valence-corrected chi connectivity index (χ2v) is 7.03. The van der Waals surface area contributed by atoms with Crippen LogP contribution < -0.4 is 9.47 Å². The molecule has 25 heavy (non-hydrogen) atoms. The molecule has 2 aliphatic heterocycles. The predicted molar refractivity (Wildman–Crippen MR) is 98.1 cm³/mol. The van der Waals surface area contributed by atoms with Gasteiger partial charge in [-0.2, -0.15) is 0 Å². The Hall–Kier alpha value is -1.75. The number of carbonyl (C=O) groups excluding carboxylic acids is 1. The van der Waals surface area contributed by atoms with Gasteiger partial charge in [0.1, 0.15) is 11.5 Å². The van der Waals surface area contributed by atoms with Crippen molar-refractivity contribution in [2.45, 2.75) is 44.6 Å². The number of hydrogen-bond donors (Lipinski definition) is 0. The smallest absolute Gasteiger partial charge is 0.236 e. The lowest BCUT2D eigenvalue weighted by molar-refractivity contribution is -0.132. The van der Waals surface area contributed by atoms with E-state index in [-0.39, 0.29) is 11.9 Å². The molecule has 1 aromatic rings. The van der Waals surface area contributed by atoms with E-state index in [9.17, 15) is 4.79 Å². The van der Waals surface area contributed by atoms with Gasteiger partial charge in [0.05, 0.1) is 20.8 Å². The van der Waals surface area contributed by atoms with Crippen molar-refractivity contribution in [2.24, 2.45) is 0 Å². The first-order chi connectivity index (χ1) is 12.2. The number of nitrogens with zero attached hydrogens (tertiary/aromatic N) is 2. The molecule has 1 unspecified atom stereocenters. The largest absolute Gasteiger partial charge is 0.497 e. The Morgan fingerprint density at radius 2 is 1.80 bits per heavy atom. The zero-order chi connectivity index (χ0) is 17.6. The molecule has 0 aliphatic carbocycles. The highest BCUT2D eigenvalue weighted by Crippen LogP contribution is 2.38. The van der Waals surface area contributed by atoms with Gasteiger partial charge >= 0.3 is 0 Å². The van der Waals surface area contributed by atoms with Crippen LogP contribution in [0.5, 0.6) is 11.5 Å². The Morgan fingerprint density at radius 1 is 1.04 bits per heavy atom. The van der Waals surface area contributed by atoms with Crippen molar-refractivity contribution in [2.75, 3.05) is 40.4 Å². The number of carbonyl (C=O) groups is 1. The third-order valence-electron chi connectivity index (χ3n) is 5.46. The van der Waals surface area contributed by atoms with Crippen LogP contribution in [0.25, 0.3) is 0 Å². The van der Waals surface area contributed by atoms with Gasteiger partial charge in [0.15, 0.2) is 0 Å². The summed E-state index contributed by atoms with van der Waals surface area (Å²) in [5.74, 6) is 1.98. The van der Waals surface area contributed by atoms with E-state index in [1.807, 2.05) is 12.1 Å². The van der Waals surface area contributed by atoms with Gasteiger partial charge in [-0.05, 0) is 50.4 Å². The van der Waals surface area contributed by atoms with Crippen molar-refractivity contribution in [1.29, 1.82) is 0 Å². The second-order valence-electron chi connectivity index (χ2n) is 7.03. The van der Waals surface area contributed by atoms with E-state index in [1.54, 1.807) is 14.2 Å². The van der Waals surface area contributed by atoms with Crippen molar-refractivity contribution in [3.8, 4) is 11.5 Å². The van der Waals surface area contributed by atoms with Crippen LogP contribution in [0.15, 0.2) is 18.2 Å². The minimum absolute atomic E-state index is 0.223. The normalized spacial score (nSPS) is 21.8. The molecule has 0 saturated carbocycles. The maximum atomic E-state index is 12.8. The molecule has 3 rings (SSSR count). The Balaban J connectivity index is 1.73. The molecular weight excluding hydrogens is 316 g/mol. The van der Waals surface area contributed by atoms with Gasteiger partial charge in [-0.3, -0.25) is 9.69 Å². The third-order valence-corrected chi connectivity index (χ3v) is 5.46. The van der Waals surface area contributed by atoms with Gasteiger partial charge in [0, 0.05) is 24.7 Å². The van der Waals surface area contributed by atoms with Crippen LogP contribution in [-0.4, -0.2) is 56.1 Å². The summed E-state index contributed by atoms with van der Waals surface area (Å²) >= 11 is 0. The van der Waals surface area contributed by atoms with Gasteiger partial charge in [0.25, 0.3) is 0 Å². The standard InChI is InChI=1S/C20H30N2O3/c1-24-16-9-10-19(25-2)17(14-16)18-8-7-13-22(18)15-20(23)21-11-5-3-4-6-12-21/h9-10,14,18H,3-8,11-13,15H2,1-2H3. The van der Waals surface area contributed by atoms with Gasteiger partial charge in [0.2, 0.25) is 5.91 Å². The summed E-state index contributed by atoms with van der Waals surface area (Å²) in [5, 5.41) is 0. The molecule has 0 spiro atoms. The monoisotopic (exact) mass is 346 g/mol. The summed E-state index contributed by atoms with van der Waals surface area (Å²) in [6, 6.07) is 6.16. The zero-order valence-corrected chi connectivity index (χ0v) is 15.5. The number of methoxy groups -OCH3 is 2. The number of benzene rings is 1. The fraction of sp³-hybridized carbons (Fsp3) is 0.650. The summed E-state index contributed by atoms with van der Waals surface area (Å²) in [4.78, 5) is 17.2. The molecule has 2 aliphatic rings. The molecule has 0 radical (unpaired) electrons. The highest BCUT2D eigenvalue weighted by atomic mass is 16.5. The minimum atomic E-state index is 0.223. The quantitative estimate of drug-likeness (QED) is 0.821. The first-order valence-corrected chi connectivity index (χ1v) is 9.46. The maximum Gasteiger partial charge on any atom is 0.236 e. The van der Waals surface area contributed by atoms with Crippen molar-refractivity contribution in [3.63, 3.8) is 0 Å². The Bertz CT molecular complexity index is 582. The van der Waals surface area contributed by atoms with E-state index >= 15 is 0 Å². The molecule has 2 heterocycles. The van der Waals surface area contributed by atoms with E-state index < -0.39 is 0 Å². The van der Waals surface area contributed by atoms with Gasteiger partial charge in [-0.25, -0.2) is 0 Å². The number of likely N-dealkylation sites (tertiary alicyclic amines) is 2. The van der Waals surface area contributed by atoms with E-state index in [0.29, 0.717) is 6.54 Å². The molecule has 1 atom stereocenters. The first-order valence-electron chi connectivity index (χ1n) is 9.46. The van der Waals surface area contributed by atoms with Crippen LogP contribution in [-0.2, 0) is 4.79 Å². The first kappa shape index (κ1) is 18.1. The van der Waals surface area contributed by atoms with Crippen LogP contribution in [0.2, 0.25) is 0 Å². The lowest BCUT2D eigenvalue weighted by Gasteiger charge is -2.29. The van der Waals surface area contributed by atoms with Gasteiger partial charge in [-0.1, -0.05) is 12.8 Å². The molecule has 138 valence electrons. The Morgan fingerprint density at radius 3 is 2.48 bits per heavy atom. The topological polar surface area (TPSA) is 42.0 Å². The van der Waals surface area contributed by atoms with E-state index in [4.69, 9.17) is 9.47 Å². The number of hydrogen-bond acceptors (Lipinski definition) is 4. The molecule has 0 aromatic heterocycles. The molecule has 2 saturated heterocycles. The Labute approximate surface area is 150 Å². The zero-order valence-electron chi connectivity index (χ0n) is 15.5. The second kappa shape index (κ2) is 8.56. The van der Waals surface area contributed by atoms with E-state index in [2.05, 4.69) is 15.9 Å². The highest BCUT2D eigenvalue weighted by Gasteiger charge is 2.31. The fourth-order valence-electron chi connectivity index (χ4n) is 4.06. The fourth-order valence-corrected chi connectivity index (χ4v) is 4.06. The average Bonchev–Trinajstić information content (AvgIpc) is 2.92. The molecule has 0 N–H and O–H groups in total. The van der Waals surface area contributed by atoms with Gasteiger partial charge < -0.3 is 14.4 Å². The molecule has 5 heteroatoms. The molecule has 2 fully saturated rings. The SMILES string of the molecule is COc1ccc(OC)c(C2CCCN2CC(=O)N2CCCCCC2)c1. The van der Waals surface area contributed by atoms with Crippen molar-refractivity contribution < 1.29 is 14.3 Å². The lowest BCUT2D eigenvalue weighted by Crippen LogP contribution is -2.40. The Kier molecular flexibility index (Phi) is 6.19. The average molecular weight is 346 g/mol. The number of amides is 1. The van der Waals surface area contributed by atoms with E-state index in [0.717, 1.165) is 62.4 Å². The minimum Gasteiger partial charge on any atom is -0.497 e. The third kappa shape index (κ3) is 4.27. The lowest BCUT2D eigenvalue weighted by atomic mass is 10.0. The molecular formula is C20H30N2O3. The van der Waals surface area contributed by atoms with Crippen LogP contribution >= 0.6 is 0 Å². The maximum absolute atomic E-state index is 12.8. The molecule has 1 aromatic carbocycles. The summed E-state index contributed by atoms with van der Waals surface area (Å²) in [6.45, 7) is 3.30. The van der Waals surface area contributed by atoms with Crippen LogP contribution in [0.1, 0.15) is 50.1 Å². The summed E-state index contributed by atoms with van der Waals surface area (Å²) in [5.41, 5.74) is 1.13. The highest BCUT2D eigenvalue weighted by molar-refractivity contribution is 5.78. The van der Waals surface area contributed by atoms with Crippen LogP contribution in [0.3, 0.4) is 0 Å². The molecule has 1 amide bonds. The summed E-state index contributed by atoms with van der Waals surface area (Å²) in [6.07, 6.45) is 6.93. The van der Waals surface area contributed by atoms with Crippen LogP contribution in [0.4, 0.5) is 0 Å². The van der Waals surface area contributed by atoms with Crippen LogP contribution in [0, 0.1) is 0 Å².